The molecule has 0 aromatic heterocycles. The summed E-state index contributed by atoms with van der Waals surface area (Å²) in [5.74, 6) is -2.91. The Hall–Kier alpha value is -1.50. The summed E-state index contributed by atoms with van der Waals surface area (Å²) in [5, 5.41) is 39.1. The second-order valence-electron chi connectivity index (χ2n) is 1.95. The molecule has 0 saturated carbocycles. The van der Waals surface area contributed by atoms with Gasteiger partial charge >= 0.3 is 19.5 Å². The Balaban J connectivity index is -0.000000180. The van der Waals surface area contributed by atoms with Crippen LogP contribution < -0.4 is 10.2 Å². The molecule has 0 radical (unpaired) electrons. The maximum Gasteiger partial charge on any atom is 2.00 e. The summed E-state index contributed by atoms with van der Waals surface area (Å²) >= 11 is 0. The number of aliphatic carboxylic acids is 2. The van der Waals surface area contributed by atoms with E-state index in [1.54, 1.807) is 0 Å². The fourth-order valence-electron chi connectivity index (χ4n) is 0.0816. The van der Waals surface area contributed by atoms with Crippen LogP contribution in [0.1, 0.15) is 13.8 Å². The topological polar surface area (TPSA) is 145 Å². The van der Waals surface area contributed by atoms with E-state index in [2.05, 4.69) is 10.3 Å². The molecular formula is C6H8N2O6Zn. The Labute approximate surface area is 97.7 Å². The largest absolute Gasteiger partial charge is 2.00 e. The molecule has 0 heterocycles. The zero-order valence-electron chi connectivity index (χ0n) is 8.13. The standard InChI is InChI=1S/2C3H5NO3.Zn/c2*1-2(4-7)3(5)6;/h2*7H,1H3,(H,5,6);/q;;+2/p-2. The van der Waals surface area contributed by atoms with Gasteiger partial charge in [-0.1, -0.05) is 10.3 Å². The molecule has 0 rings (SSSR count). The predicted octanol–water partition coefficient (Wildman–Crippen LogP) is -2.83. The van der Waals surface area contributed by atoms with Gasteiger partial charge in [-0.3, -0.25) is 0 Å². The van der Waals surface area contributed by atoms with E-state index in [1.807, 2.05) is 0 Å². The average Bonchev–Trinajstić information content (AvgIpc) is 2.15. The Kier molecular flexibility index (Phi) is 13.5. The zero-order chi connectivity index (χ0) is 11.7. The molecule has 0 spiro atoms. The minimum atomic E-state index is -1.46. The summed E-state index contributed by atoms with van der Waals surface area (Å²) in [4.78, 5) is 19.1. The summed E-state index contributed by atoms with van der Waals surface area (Å²) in [5.41, 5.74) is -0.833. The van der Waals surface area contributed by atoms with Crippen molar-refractivity contribution >= 4 is 23.4 Å². The first kappa shape index (κ1) is 19.1. The molecule has 0 saturated heterocycles. The fourth-order valence-corrected chi connectivity index (χ4v) is 0.0816. The van der Waals surface area contributed by atoms with Crippen molar-refractivity contribution < 1.29 is 49.7 Å². The van der Waals surface area contributed by atoms with E-state index in [1.165, 1.54) is 0 Å². The van der Waals surface area contributed by atoms with Crippen LogP contribution in [0, 0.1) is 0 Å². The van der Waals surface area contributed by atoms with Gasteiger partial charge in [-0.25, -0.2) is 0 Å². The average molecular weight is 270 g/mol. The number of carboxylic acids is 2. The second kappa shape index (κ2) is 10.6. The zero-order valence-corrected chi connectivity index (χ0v) is 11.1. The van der Waals surface area contributed by atoms with Crippen LogP contribution in [0.15, 0.2) is 10.3 Å². The fraction of sp³-hybridized carbons (Fsp3) is 0.333. The maximum atomic E-state index is 9.53. The number of carbonyl (C=O) groups excluding carboxylic acids is 2. The van der Waals surface area contributed by atoms with E-state index >= 15 is 0 Å². The molecule has 0 aliphatic heterocycles. The van der Waals surface area contributed by atoms with Gasteiger partial charge in [0.15, 0.2) is 0 Å². The maximum absolute atomic E-state index is 9.53. The van der Waals surface area contributed by atoms with Crippen molar-refractivity contribution in [1.82, 2.24) is 0 Å². The van der Waals surface area contributed by atoms with Crippen molar-refractivity contribution in [3.63, 3.8) is 0 Å². The van der Waals surface area contributed by atoms with Crippen molar-refractivity contribution in [3.8, 4) is 0 Å². The molecule has 8 nitrogen and oxygen atoms in total. The quantitative estimate of drug-likeness (QED) is 0.239. The number of carboxylic acid groups (broad SMARTS) is 2. The van der Waals surface area contributed by atoms with Crippen LogP contribution in [0.3, 0.4) is 0 Å². The Morgan fingerprint density at radius 1 is 0.933 bits per heavy atom. The molecule has 0 amide bonds. The molecule has 0 bridgehead atoms. The van der Waals surface area contributed by atoms with Gasteiger partial charge in [-0.15, -0.1) is 0 Å². The van der Waals surface area contributed by atoms with Gasteiger partial charge < -0.3 is 30.2 Å². The second-order valence-corrected chi connectivity index (χ2v) is 1.95. The molecule has 0 unspecified atom stereocenters. The monoisotopic (exact) mass is 268 g/mol. The van der Waals surface area contributed by atoms with Crippen LogP contribution in [0.2, 0.25) is 0 Å². The minimum Gasteiger partial charge on any atom is -0.543 e. The van der Waals surface area contributed by atoms with Crippen LogP contribution in [-0.2, 0) is 29.1 Å². The van der Waals surface area contributed by atoms with Crippen molar-refractivity contribution in [1.29, 1.82) is 0 Å². The van der Waals surface area contributed by atoms with Gasteiger partial charge in [0.2, 0.25) is 0 Å². The number of nitrogens with zero attached hydrogens (tertiary/aromatic N) is 2. The summed E-state index contributed by atoms with van der Waals surface area (Å²) in [6.45, 7) is 2.27. The first-order valence-electron chi connectivity index (χ1n) is 3.16. The van der Waals surface area contributed by atoms with Crippen LogP contribution in [0.25, 0.3) is 0 Å². The van der Waals surface area contributed by atoms with E-state index in [4.69, 9.17) is 10.4 Å². The number of hydrogen-bond donors (Lipinski definition) is 2. The van der Waals surface area contributed by atoms with Gasteiger partial charge in [0.1, 0.15) is 0 Å². The van der Waals surface area contributed by atoms with E-state index in [0.717, 1.165) is 13.8 Å². The molecule has 0 aromatic rings. The van der Waals surface area contributed by atoms with Crippen molar-refractivity contribution in [2.24, 2.45) is 10.3 Å². The molecule has 0 aliphatic carbocycles. The molecule has 15 heavy (non-hydrogen) atoms. The SMILES string of the molecule is CC(=NO)C(=O)[O-].CC(=NO)C(=O)[O-].[Zn+2]. The van der Waals surface area contributed by atoms with Gasteiger partial charge in [-0.05, 0) is 13.8 Å². The third-order valence-corrected chi connectivity index (χ3v) is 0.891. The molecule has 2 N–H and O–H groups in total. The van der Waals surface area contributed by atoms with E-state index in [0.29, 0.717) is 0 Å². The Bertz CT molecular complexity index is 247. The third-order valence-electron chi connectivity index (χ3n) is 0.891. The van der Waals surface area contributed by atoms with Crippen LogP contribution in [-0.4, -0.2) is 33.8 Å². The molecule has 0 fully saturated rings. The molecule has 0 atom stereocenters. The van der Waals surface area contributed by atoms with Crippen molar-refractivity contribution in [3.05, 3.63) is 0 Å². The first-order valence-corrected chi connectivity index (χ1v) is 3.16. The Morgan fingerprint density at radius 3 is 1.13 bits per heavy atom. The normalized spacial score (nSPS) is 10.5. The van der Waals surface area contributed by atoms with E-state index in [9.17, 15) is 19.8 Å². The Morgan fingerprint density at radius 2 is 1.13 bits per heavy atom. The van der Waals surface area contributed by atoms with Gasteiger partial charge in [-0.2, -0.15) is 0 Å². The summed E-state index contributed by atoms with van der Waals surface area (Å²) in [6.07, 6.45) is 0. The van der Waals surface area contributed by atoms with Gasteiger partial charge in [0, 0.05) is 0 Å². The molecular weight excluding hydrogens is 261 g/mol. The van der Waals surface area contributed by atoms with Crippen LogP contribution in [0.4, 0.5) is 0 Å². The predicted molar refractivity (Wildman–Crippen MR) is 39.8 cm³/mol. The van der Waals surface area contributed by atoms with E-state index < -0.39 is 23.4 Å². The number of carbonyl (C=O) groups is 2. The van der Waals surface area contributed by atoms with Crippen LogP contribution >= 0.6 is 0 Å². The first-order chi connectivity index (χ1) is 6.36. The number of hydrogen-bond acceptors (Lipinski definition) is 8. The van der Waals surface area contributed by atoms with Crippen LogP contribution in [0.5, 0.6) is 0 Å². The minimum absolute atomic E-state index is 0. The summed E-state index contributed by atoms with van der Waals surface area (Å²) in [7, 11) is 0. The molecule has 0 aliphatic rings. The van der Waals surface area contributed by atoms with Crippen molar-refractivity contribution in [2.75, 3.05) is 0 Å². The third kappa shape index (κ3) is 12.5. The smallest absolute Gasteiger partial charge is 0.543 e. The van der Waals surface area contributed by atoms with Gasteiger partial charge in [0.25, 0.3) is 0 Å². The van der Waals surface area contributed by atoms with Gasteiger partial charge in [0.05, 0.1) is 23.4 Å². The van der Waals surface area contributed by atoms with E-state index in [-0.39, 0.29) is 19.5 Å². The molecule has 0 aromatic carbocycles. The number of rotatable bonds is 2. The summed E-state index contributed by atoms with van der Waals surface area (Å²) < 4.78 is 0. The molecule has 80 valence electrons. The molecule has 9 heteroatoms. The number of oxime groups is 2. The summed E-state index contributed by atoms with van der Waals surface area (Å²) in [6, 6.07) is 0. The van der Waals surface area contributed by atoms with Crippen molar-refractivity contribution in [2.45, 2.75) is 13.8 Å².